The van der Waals surface area contributed by atoms with Gasteiger partial charge in [-0.15, -0.1) is 0 Å². The lowest BCUT2D eigenvalue weighted by atomic mass is 10.0. The molecule has 0 aliphatic rings. The first-order chi connectivity index (χ1) is 22.0. The number of carbonyl (C=O) groups is 4. The van der Waals surface area contributed by atoms with Crippen LogP contribution in [-0.2, 0) is 38.4 Å². The van der Waals surface area contributed by atoms with E-state index in [-0.39, 0.29) is 25.0 Å². The van der Waals surface area contributed by atoms with Crippen molar-refractivity contribution in [2.45, 2.75) is 56.8 Å². The van der Waals surface area contributed by atoms with Crippen LogP contribution in [0.2, 0.25) is 1.41 Å². The highest BCUT2D eigenvalue weighted by Crippen LogP contribution is 2.28. The van der Waals surface area contributed by atoms with E-state index in [1.807, 2.05) is 30.3 Å². The van der Waals surface area contributed by atoms with Crippen LogP contribution in [0.5, 0.6) is 17.2 Å². The third-order valence-electron chi connectivity index (χ3n) is 7.19. The van der Waals surface area contributed by atoms with Crippen molar-refractivity contribution < 1.29 is 35.2 Å². The number of rotatable bonds is 17. The lowest BCUT2D eigenvalue weighted by Gasteiger charge is -2.24. The molecule has 45 heavy (non-hydrogen) atoms. The number of amides is 4. The molecule has 3 aromatic rings. The summed E-state index contributed by atoms with van der Waals surface area (Å²) in [6.45, 7) is 1.45. The summed E-state index contributed by atoms with van der Waals surface area (Å²) in [6, 6.07) is 16.4. The van der Waals surface area contributed by atoms with Crippen molar-refractivity contribution in [2.75, 3.05) is 14.2 Å². The molecule has 4 atom stereocenters. The minimum absolute atomic E-state index is 0.0144. The lowest BCUT2D eigenvalue weighted by molar-refractivity contribution is -0.133. The SMILES string of the molecule is [2H]N[C@@H](Cc1ccc(O)cc1)C(=O)N[C@@H](C)C(=O)N[C@@H](Cc1ccc(OC)c(OC)c1)C(=O)N[C@@H](CCc1ccccc1)C(N)=O. The number of carbonyl (C=O) groups excluding carboxylic acids is 4. The molecule has 0 heterocycles. The van der Waals surface area contributed by atoms with Crippen molar-refractivity contribution in [3.05, 3.63) is 89.5 Å². The zero-order valence-corrected chi connectivity index (χ0v) is 25.5. The zero-order valence-electron chi connectivity index (χ0n) is 26.5. The van der Waals surface area contributed by atoms with Crippen LogP contribution < -0.4 is 36.9 Å². The minimum Gasteiger partial charge on any atom is -0.508 e. The van der Waals surface area contributed by atoms with Crippen molar-refractivity contribution in [1.82, 2.24) is 16.0 Å². The Labute approximate surface area is 263 Å². The predicted molar refractivity (Wildman–Crippen MR) is 168 cm³/mol. The molecule has 0 spiro atoms. The quantitative estimate of drug-likeness (QED) is 0.129. The van der Waals surface area contributed by atoms with Gasteiger partial charge in [0.2, 0.25) is 23.6 Å². The van der Waals surface area contributed by atoms with E-state index in [2.05, 4.69) is 21.7 Å². The van der Waals surface area contributed by atoms with Gasteiger partial charge in [0.1, 0.15) is 25.3 Å². The second-order valence-corrected chi connectivity index (χ2v) is 10.6. The Hall–Kier alpha value is -5.10. The fourth-order valence-electron chi connectivity index (χ4n) is 4.60. The van der Waals surface area contributed by atoms with Crippen molar-refractivity contribution in [2.24, 2.45) is 11.5 Å². The van der Waals surface area contributed by atoms with Gasteiger partial charge in [0, 0.05) is 6.42 Å². The van der Waals surface area contributed by atoms with Gasteiger partial charge in [-0.3, -0.25) is 19.2 Å². The number of benzene rings is 3. The number of aromatic hydroxyl groups is 1. The summed E-state index contributed by atoms with van der Waals surface area (Å²) in [5.41, 5.74) is 10.1. The van der Waals surface area contributed by atoms with Gasteiger partial charge in [0.05, 0.1) is 20.3 Å². The van der Waals surface area contributed by atoms with Crippen LogP contribution in [0, 0.1) is 0 Å². The van der Waals surface area contributed by atoms with Gasteiger partial charge >= 0.3 is 0 Å². The van der Waals surface area contributed by atoms with Crippen LogP contribution in [0.4, 0.5) is 0 Å². The van der Waals surface area contributed by atoms with Crippen LogP contribution in [0.15, 0.2) is 72.8 Å². The third kappa shape index (κ3) is 10.5. The summed E-state index contributed by atoms with van der Waals surface area (Å²) < 4.78 is 18.3. The van der Waals surface area contributed by atoms with E-state index < -0.39 is 47.8 Å². The van der Waals surface area contributed by atoms with Crippen LogP contribution in [0.1, 0.15) is 30.0 Å². The smallest absolute Gasteiger partial charge is 0.243 e. The number of methoxy groups -OCH3 is 2. The molecule has 0 aromatic heterocycles. The number of phenolic OH excluding ortho intramolecular Hbond substituents is 1. The molecule has 0 saturated heterocycles. The first kappa shape index (κ1) is 32.8. The number of hydrogen-bond acceptors (Lipinski definition) is 8. The van der Waals surface area contributed by atoms with Gasteiger partial charge in [0.15, 0.2) is 11.5 Å². The Morgan fingerprint density at radius 3 is 2.04 bits per heavy atom. The monoisotopic (exact) mass is 620 g/mol. The second-order valence-electron chi connectivity index (χ2n) is 10.6. The fourth-order valence-corrected chi connectivity index (χ4v) is 4.60. The van der Waals surface area contributed by atoms with E-state index in [1.165, 1.54) is 33.3 Å². The number of hydrogen-bond donors (Lipinski definition) is 6. The summed E-state index contributed by atoms with van der Waals surface area (Å²) in [6.07, 6.45) is 0.878. The Balaban J connectivity index is 1.75. The predicted octanol–water partition coefficient (Wildman–Crippen LogP) is 1.11. The molecule has 4 amide bonds. The zero-order chi connectivity index (χ0) is 33.6. The number of phenols is 1. The molecule has 0 unspecified atom stereocenters. The van der Waals surface area contributed by atoms with Gasteiger partial charge in [-0.1, -0.05) is 48.5 Å². The van der Waals surface area contributed by atoms with Gasteiger partial charge < -0.3 is 42.0 Å². The molecule has 240 valence electrons. The van der Waals surface area contributed by atoms with Crippen molar-refractivity contribution in [3.63, 3.8) is 0 Å². The van der Waals surface area contributed by atoms with Crippen LogP contribution in [0.3, 0.4) is 0 Å². The molecular weight excluding hydrogens is 578 g/mol. The Morgan fingerprint density at radius 2 is 1.42 bits per heavy atom. The van der Waals surface area contributed by atoms with Crippen molar-refractivity contribution in [1.29, 1.82) is 0 Å². The molecule has 3 rings (SSSR count). The molecule has 0 bridgehead atoms. The average Bonchev–Trinajstić information content (AvgIpc) is 3.05. The number of primary amides is 1. The van der Waals surface area contributed by atoms with Crippen LogP contribution in [0.25, 0.3) is 0 Å². The minimum atomic E-state index is -1.16. The maximum absolute atomic E-state index is 13.6. The number of nitrogens with two attached hydrogens (primary N) is 2. The second kappa shape index (κ2) is 16.7. The maximum Gasteiger partial charge on any atom is 0.243 e. The van der Waals surface area contributed by atoms with Gasteiger partial charge in [0.25, 0.3) is 0 Å². The largest absolute Gasteiger partial charge is 0.508 e. The summed E-state index contributed by atoms with van der Waals surface area (Å²) in [5, 5.41) is 17.4. The Morgan fingerprint density at radius 1 is 0.778 bits per heavy atom. The van der Waals surface area contributed by atoms with E-state index >= 15 is 0 Å². The average molecular weight is 621 g/mol. The summed E-state index contributed by atoms with van der Waals surface area (Å²) in [7, 11) is 2.97. The van der Waals surface area contributed by atoms with Gasteiger partial charge in [-0.05, 0) is 67.1 Å². The highest BCUT2D eigenvalue weighted by molar-refractivity contribution is 5.94. The highest BCUT2D eigenvalue weighted by atomic mass is 16.5. The summed E-state index contributed by atoms with van der Waals surface area (Å²) in [5.74, 6) is -1.67. The number of nitrogens with one attached hydrogen (secondary N) is 3. The number of aryl methyl sites for hydroxylation is 1. The van der Waals surface area contributed by atoms with Crippen LogP contribution in [-0.4, -0.2) is 67.1 Å². The fraction of sp³-hybridized carbons (Fsp3) is 0.333. The lowest BCUT2D eigenvalue weighted by Crippen LogP contribution is -2.57. The molecule has 0 aliphatic heterocycles. The Bertz CT molecular complexity index is 1470. The summed E-state index contributed by atoms with van der Waals surface area (Å²) in [4.78, 5) is 52.1. The standard InChI is InChI=1S/C33H41N5O7/c1-20(36-32(42)25(34)17-22-9-13-24(39)14-10-22)31(41)38-27(18-23-12-16-28(44-2)29(19-23)45-3)33(43)37-26(30(35)40)15-11-21-7-5-4-6-8-21/h4-10,12-14,16,19-20,25-27,39H,11,15,17-18,34H2,1-3H3,(H2,35,40)(H,36,42)(H,37,43)(H,38,41)/t20-,25-,26-,27-/m0/s1/i/hD. The molecular formula is C33H41N5O7. The number of ether oxygens (including phenoxy) is 2. The molecule has 8 N–H and O–H groups in total. The molecule has 0 saturated carbocycles. The maximum atomic E-state index is 13.6. The third-order valence-corrected chi connectivity index (χ3v) is 7.19. The highest BCUT2D eigenvalue weighted by Gasteiger charge is 2.29. The van der Waals surface area contributed by atoms with Crippen molar-refractivity contribution >= 4 is 23.6 Å². The normalized spacial score (nSPS) is 13.7. The molecule has 12 heteroatoms. The van der Waals surface area contributed by atoms with Gasteiger partial charge in [-0.2, -0.15) is 0 Å². The summed E-state index contributed by atoms with van der Waals surface area (Å²) >= 11 is 0. The Kier molecular flexibility index (Phi) is 12.2. The van der Waals surface area contributed by atoms with E-state index in [0.717, 1.165) is 5.56 Å². The van der Waals surface area contributed by atoms with E-state index in [4.69, 9.17) is 16.6 Å². The first-order valence-electron chi connectivity index (χ1n) is 14.9. The van der Waals surface area contributed by atoms with E-state index in [0.29, 0.717) is 29.0 Å². The van der Waals surface area contributed by atoms with E-state index in [1.54, 1.807) is 30.3 Å². The molecule has 0 aliphatic carbocycles. The van der Waals surface area contributed by atoms with E-state index in [9.17, 15) is 24.3 Å². The molecule has 0 fully saturated rings. The molecule has 12 nitrogen and oxygen atoms in total. The molecule has 0 radical (unpaired) electrons. The molecule has 3 aromatic carbocycles. The topological polar surface area (TPSA) is 195 Å². The first-order valence-corrected chi connectivity index (χ1v) is 14.4. The van der Waals surface area contributed by atoms with Crippen LogP contribution >= 0.6 is 0 Å². The van der Waals surface area contributed by atoms with Crippen molar-refractivity contribution in [3.8, 4) is 17.2 Å². The van der Waals surface area contributed by atoms with Gasteiger partial charge in [-0.25, -0.2) is 0 Å².